The topological polar surface area (TPSA) is 71.1 Å². The van der Waals surface area contributed by atoms with Crippen molar-refractivity contribution < 1.29 is 9.59 Å². The molecule has 1 heterocycles. The van der Waals surface area contributed by atoms with Crippen LogP contribution in [0, 0.1) is 0 Å². The highest BCUT2D eigenvalue weighted by atomic mass is 32.2. The Hall–Kier alpha value is -2.64. The van der Waals surface area contributed by atoms with Gasteiger partial charge in [-0.05, 0) is 12.1 Å². The molecule has 26 heavy (non-hydrogen) atoms. The molecule has 0 saturated carbocycles. The van der Waals surface area contributed by atoms with Gasteiger partial charge in [0.15, 0.2) is 5.13 Å². The zero-order chi connectivity index (χ0) is 18.4. The molecule has 2 aromatic carbocycles. The zero-order valence-electron chi connectivity index (χ0n) is 14.1. The Kier molecular flexibility index (Phi) is 6.04. The number of nitrogens with one attached hydrogen (secondary N) is 2. The molecule has 7 heteroatoms. The summed E-state index contributed by atoms with van der Waals surface area (Å²) in [7, 11) is 0. The van der Waals surface area contributed by atoms with Gasteiger partial charge in [-0.1, -0.05) is 42.5 Å². The second-order valence-corrected chi connectivity index (χ2v) is 7.29. The number of hydrogen-bond acceptors (Lipinski definition) is 5. The van der Waals surface area contributed by atoms with Crippen molar-refractivity contribution >= 4 is 45.7 Å². The van der Waals surface area contributed by atoms with Gasteiger partial charge in [-0.2, -0.15) is 0 Å². The first-order valence-corrected chi connectivity index (χ1v) is 9.78. The van der Waals surface area contributed by atoms with E-state index in [1.165, 1.54) is 30.0 Å². The highest BCUT2D eigenvalue weighted by molar-refractivity contribution is 8.00. The molecule has 0 bridgehead atoms. The van der Waals surface area contributed by atoms with Gasteiger partial charge in [0.05, 0.1) is 17.1 Å². The first-order chi connectivity index (χ1) is 12.6. The van der Waals surface area contributed by atoms with Crippen LogP contribution >= 0.6 is 23.1 Å². The summed E-state index contributed by atoms with van der Waals surface area (Å²) in [6.45, 7) is 1.46. The van der Waals surface area contributed by atoms with Crippen LogP contribution in [0.3, 0.4) is 0 Å². The minimum Gasteiger partial charge on any atom is -0.325 e. The van der Waals surface area contributed by atoms with E-state index in [0.717, 1.165) is 16.2 Å². The third kappa shape index (κ3) is 4.93. The number of aromatic nitrogens is 1. The van der Waals surface area contributed by atoms with Crippen LogP contribution < -0.4 is 10.6 Å². The molecular formula is C19H17N3O2S2. The van der Waals surface area contributed by atoms with Crippen LogP contribution in [-0.4, -0.2) is 22.6 Å². The molecule has 0 unspecified atom stereocenters. The molecule has 132 valence electrons. The molecule has 0 radical (unpaired) electrons. The molecule has 0 aliphatic carbocycles. The lowest BCUT2D eigenvalue weighted by atomic mass is 10.2. The van der Waals surface area contributed by atoms with Crippen molar-refractivity contribution in [1.82, 2.24) is 4.98 Å². The Morgan fingerprint density at radius 1 is 1.04 bits per heavy atom. The van der Waals surface area contributed by atoms with Crippen LogP contribution in [0.4, 0.5) is 10.8 Å². The van der Waals surface area contributed by atoms with Gasteiger partial charge in [0.25, 0.3) is 0 Å². The summed E-state index contributed by atoms with van der Waals surface area (Å²) in [4.78, 5) is 28.8. The number of benzene rings is 2. The zero-order valence-corrected chi connectivity index (χ0v) is 15.7. The largest absolute Gasteiger partial charge is 0.325 e. The molecule has 2 N–H and O–H groups in total. The quantitative estimate of drug-likeness (QED) is 0.615. The first kappa shape index (κ1) is 18.2. The number of hydrogen-bond donors (Lipinski definition) is 2. The molecule has 2 amide bonds. The van der Waals surface area contributed by atoms with E-state index in [0.29, 0.717) is 10.8 Å². The molecule has 3 aromatic rings. The molecule has 0 saturated heterocycles. The molecule has 0 aliphatic rings. The van der Waals surface area contributed by atoms with Crippen LogP contribution in [0.2, 0.25) is 0 Å². The molecule has 0 aliphatic heterocycles. The van der Waals surface area contributed by atoms with Gasteiger partial charge in [0, 0.05) is 22.8 Å². The van der Waals surface area contributed by atoms with Gasteiger partial charge in [-0.15, -0.1) is 23.1 Å². The van der Waals surface area contributed by atoms with Gasteiger partial charge in [-0.25, -0.2) is 4.98 Å². The predicted octanol–water partition coefficient (Wildman–Crippen LogP) is 4.50. The molecule has 5 nitrogen and oxygen atoms in total. The Labute approximate surface area is 159 Å². The van der Waals surface area contributed by atoms with E-state index in [2.05, 4.69) is 15.6 Å². The lowest BCUT2D eigenvalue weighted by molar-refractivity contribution is -0.114. The maximum Gasteiger partial charge on any atom is 0.236 e. The second kappa shape index (κ2) is 8.64. The third-order valence-corrected chi connectivity index (χ3v) is 5.21. The van der Waals surface area contributed by atoms with Gasteiger partial charge >= 0.3 is 0 Å². The van der Waals surface area contributed by atoms with Crippen LogP contribution in [0.5, 0.6) is 0 Å². The number of rotatable bonds is 6. The van der Waals surface area contributed by atoms with Gasteiger partial charge < -0.3 is 10.6 Å². The van der Waals surface area contributed by atoms with Crippen molar-refractivity contribution in [2.75, 3.05) is 16.4 Å². The summed E-state index contributed by atoms with van der Waals surface area (Å²) in [6, 6.07) is 17.2. The highest BCUT2D eigenvalue weighted by Crippen LogP contribution is 2.28. The van der Waals surface area contributed by atoms with Crippen molar-refractivity contribution in [1.29, 1.82) is 0 Å². The number of thioether (sulfide) groups is 1. The highest BCUT2D eigenvalue weighted by Gasteiger charge is 2.10. The Bertz CT molecular complexity index is 910. The summed E-state index contributed by atoms with van der Waals surface area (Å²) in [5.41, 5.74) is 2.57. The van der Waals surface area contributed by atoms with Crippen molar-refractivity contribution in [3.63, 3.8) is 0 Å². The van der Waals surface area contributed by atoms with Gasteiger partial charge in [0.1, 0.15) is 0 Å². The van der Waals surface area contributed by atoms with E-state index in [4.69, 9.17) is 0 Å². The fraction of sp³-hybridized carbons (Fsp3) is 0.105. The van der Waals surface area contributed by atoms with E-state index in [9.17, 15) is 9.59 Å². The maximum atomic E-state index is 12.2. The molecular weight excluding hydrogens is 366 g/mol. The minimum absolute atomic E-state index is 0.137. The van der Waals surface area contributed by atoms with E-state index in [1.54, 1.807) is 0 Å². The Morgan fingerprint density at radius 3 is 2.54 bits per heavy atom. The predicted molar refractivity (Wildman–Crippen MR) is 108 cm³/mol. The molecule has 1 aromatic heterocycles. The minimum atomic E-state index is -0.140. The van der Waals surface area contributed by atoms with Crippen molar-refractivity contribution in [2.24, 2.45) is 0 Å². The summed E-state index contributed by atoms with van der Waals surface area (Å²) in [5.74, 6) is -0.0445. The fourth-order valence-electron chi connectivity index (χ4n) is 2.26. The average molecular weight is 383 g/mol. The second-order valence-electron chi connectivity index (χ2n) is 5.42. The van der Waals surface area contributed by atoms with Crippen LogP contribution in [0.1, 0.15) is 6.92 Å². The lowest BCUT2D eigenvalue weighted by Crippen LogP contribution is -2.14. The number of carbonyl (C=O) groups excluding carboxylic acids is 2. The monoisotopic (exact) mass is 383 g/mol. The Balaban J connectivity index is 1.59. The molecule has 0 atom stereocenters. The third-order valence-electron chi connectivity index (χ3n) is 3.38. The van der Waals surface area contributed by atoms with Crippen molar-refractivity contribution in [3.05, 3.63) is 60.0 Å². The number of amides is 2. The average Bonchev–Trinajstić information content (AvgIpc) is 3.10. The normalized spacial score (nSPS) is 10.3. The molecule has 3 rings (SSSR count). The van der Waals surface area contributed by atoms with Gasteiger partial charge in [0.2, 0.25) is 11.8 Å². The summed E-state index contributed by atoms with van der Waals surface area (Å²) in [6.07, 6.45) is 0. The lowest BCUT2D eigenvalue weighted by Gasteiger charge is -2.09. The van der Waals surface area contributed by atoms with E-state index in [-0.39, 0.29) is 17.6 Å². The van der Waals surface area contributed by atoms with Gasteiger partial charge in [-0.3, -0.25) is 9.59 Å². The van der Waals surface area contributed by atoms with E-state index < -0.39 is 0 Å². The Morgan fingerprint density at radius 2 is 1.77 bits per heavy atom. The summed E-state index contributed by atoms with van der Waals surface area (Å²) < 4.78 is 0. The van der Waals surface area contributed by atoms with E-state index >= 15 is 0 Å². The smallest absolute Gasteiger partial charge is 0.236 e. The number of anilines is 2. The number of para-hydroxylation sites is 1. The number of nitrogens with zero attached hydrogens (tertiary/aromatic N) is 1. The molecule has 0 fully saturated rings. The first-order valence-electron chi connectivity index (χ1n) is 7.92. The van der Waals surface area contributed by atoms with Crippen molar-refractivity contribution in [2.45, 2.75) is 11.8 Å². The maximum absolute atomic E-state index is 12.2. The number of thiazole rings is 1. The summed E-state index contributed by atoms with van der Waals surface area (Å²) >= 11 is 2.77. The van der Waals surface area contributed by atoms with Crippen molar-refractivity contribution in [3.8, 4) is 11.3 Å². The van der Waals surface area contributed by atoms with Crippen LogP contribution in [-0.2, 0) is 9.59 Å². The van der Waals surface area contributed by atoms with Crippen LogP contribution in [0.25, 0.3) is 11.3 Å². The van der Waals surface area contributed by atoms with Crippen LogP contribution in [0.15, 0.2) is 64.9 Å². The molecule has 0 spiro atoms. The standard InChI is InChI=1S/C19H17N3O2S2/c1-13(23)20-15-9-5-6-10-17(15)25-12-18(24)22-19-21-16(11-26-19)14-7-3-2-4-8-14/h2-11H,12H2,1H3,(H,20,23)(H,21,22,24). The van der Waals surface area contributed by atoms with E-state index in [1.807, 2.05) is 60.0 Å². The summed E-state index contributed by atoms with van der Waals surface area (Å²) in [5, 5.41) is 8.08. The number of carbonyl (C=O) groups is 2. The fourth-order valence-corrected chi connectivity index (χ4v) is 3.80. The SMILES string of the molecule is CC(=O)Nc1ccccc1SCC(=O)Nc1nc(-c2ccccc2)cs1.